The van der Waals surface area contributed by atoms with Gasteiger partial charge in [0.15, 0.2) is 22.6 Å². The molecule has 1 aromatic carbocycles. The number of aromatic nitrogens is 2. The number of hydrogen-bond acceptors (Lipinski definition) is 4. The Morgan fingerprint density at radius 2 is 2.12 bits per heavy atom. The number of fused-ring (bicyclic) bond motifs is 4. The molecule has 3 aromatic rings. The molecule has 0 radical (unpaired) electrons. The fraction of sp³-hybridized carbons (Fsp3) is 0.222. The minimum Gasteiger partial charge on any atom is -0.354 e. The Morgan fingerprint density at radius 1 is 1.27 bits per heavy atom. The molecule has 132 valence electrons. The van der Waals surface area contributed by atoms with Crippen LogP contribution in [0, 0.1) is 0 Å². The lowest BCUT2D eigenvalue weighted by Gasteiger charge is -2.24. The molecule has 2 aliphatic rings. The number of halogens is 1. The predicted molar refractivity (Wildman–Crippen MR) is 101 cm³/mol. The van der Waals surface area contributed by atoms with Crippen molar-refractivity contribution < 1.29 is 8.73 Å². The lowest BCUT2D eigenvalue weighted by molar-refractivity contribution is 0.431. The number of hydrogen-bond donors (Lipinski definition) is 2. The van der Waals surface area contributed by atoms with Gasteiger partial charge < -0.3 is 9.51 Å². The summed E-state index contributed by atoms with van der Waals surface area (Å²) in [5, 5.41) is 4.13. The fourth-order valence-electron chi connectivity index (χ4n) is 3.65. The van der Waals surface area contributed by atoms with Crippen molar-refractivity contribution in [2.24, 2.45) is 0 Å². The summed E-state index contributed by atoms with van der Waals surface area (Å²) < 4.78 is 22.1. The molecule has 1 saturated carbocycles. The van der Waals surface area contributed by atoms with Crippen molar-refractivity contribution in [3.8, 4) is 11.3 Å². The van der Waals surface area contributed by atoms with Crippen LogP contribution < -0.4 is 10.3 Å². The molecule has 2 heterocycles. The molecule has 1 spiro atoms. The van der Waals surface area contributed by atoms with Gasteiger partial charge in [-0.1, -0.05) is 27.2 Å². The molecule has 6 nitrogen and oxygen atoms in total. The summed E-state index contributed by atoms with van der Waals surface area (Å²) in [6, 6.07) is 9.17. The van der Waals surface area contributed by atoms with E-state index in [2.05, 4.69) is 49.0 Å². The van der Waals surface area contributed by atoms with E-state index in [1.165, 1.54) is 17.8 Å². The van der Waals surface area contributed by atoms with Crippen LogP contribution in [-0.2, 0) is 22.8 Å². The quantitative estimate of drug-likeness (QED) is 0.663. The number of anilines is 1. The molecular weight excluding hydrogens is 418 g/mol. The van der Waals surface area contributed by atoms with Gasteiger partial charge in [0.2, 0.25) is 5.56 Å². The van der Waals surface area contributed by atoms with Crippen LogP contribution in [0.5, 0.6) is 0 Å². The first-order chi connectivity index (χ1) is 12.6. The number of benzene rings is 1. The summed E-state index contributed by atoms with van der Waals surface area (Å²) in [6.45, 7) is 0. The number of H-pyrrole nitrogens is 1. The van der Waals surface area contributed by atoms with E-state index in [4.69, 9.17) is 4.52 Å². The Labute approximate surface area is 159 Å². The summed E-state index contributed by atoms with van der Waals surface area (Å²) >= 11 is 3.53. The van der Waals surface area contributed by atoms with Gasteiger partial charge in [-0.2, -0.15) is 0 Å². The molecule has 0 bridgehead atoms. The number of rotatable bonds is 3. The molecule has 2 aliphatic carbocycles. The van der Waals surface area contributed by atoms with Crippen molar-refractivity contribution in [2.75, 3.05) is 4.72 Å². The molecule has 2 N–H and O–H groups in total. The van der Waals surface area contributed by atoms with Gasteiger partial charge in [0.25, 0.3) is 0 Å². The highest BCUT2D eigenvalue weighted by Gasteiger charge is 2.50. The molecule has 2 aromatic heterocycles. The van der Waals surface area contributed by atoms with Crippen molar-refractivity contribution in [1.29, 1.82) is 0 Å². The minimum absolute atomic E-state index is 0.135. The van der Waals surface area contributed by atoms with Gasteiger partial charge in [-0.15, -0.1) is 0 Å². The smallest absolute Gasteiger partial charge is 0.249 e. The van der Waals surface area contributed by atoms with Crippen molar-refractivity contribution >= 4 is 32.7 Å². The summed E-state index contributed by atoms with van der Waals surface area (Å²) in [7, 11) is -1.59. The third-order valence-corrected chi connectivity index (χ3v) is 6.66. The summed E-state index contributed by atoms with van der Waals surface area (Å²) in [4.78, 5) is 14.3. The Kier molecular flexibility index (Phi) is 3.48. The van der Waals surface area contributed by atoms with E-state index in [1.807, 2.05) is 0 Å². The van der Waals surface area contributed by atoms with E-state index in [-0.39, 0.29) is 11.0 Å². The zero-order chi connectivity index (χ0) is 17.9. The van der Waals surface area contributed by atoms with Crippen LogP contribution >= 0.6 is 15.9 Å². The van der Waals surface area contributed by atoms with E-state index in [9.17, 15) is 9.00 Å². The first-order valence-electron chi connectivity index (χ1n) is 8.22. The van der Waals surface area contributed by atoms with Crippen LogP contribution in [-0.4, -0.2) is 14.3 Å². The van der Waals surface area contributed by atoms with Gasteiger partial charge in [0.1, 0.15) is 0 Å². The first-order valence-corrected chi connectivity index (χ1v) is 10.2. The Balaban J connectivity index is 1.55. The molecule has 0 aliphatic heterocycles. The van der Waals surface area contributed by atoms with E-state index in [1.54, 1.807) is 6.07 Å². The van der Waals surface area contributed by atoms with Gasteiger partial charge in [-0.05, 0) is 43.0 Å². The summed E-state index contributed by atoms with van der Waals surface area (Å²) in [5.41, 5.74) is 3.13. The summed E-state index contributed by atoms with van der Waals surface area (Å²) in [6.07, 6.45) is 4.55. The van der Waals surface area contributed by atoms with Crippen molar-refractivity contribution in [1.82, 2.24) is 10.1 Å². The maximum absolute atomic E-state index is 12.6. The highest BCUT2D eigenvalue weighted by molar-refractivity contribution is 9.10. The second kappa shape index (κ2) is 5.65. The second-order valence-corrected chi connectivity index (χ2v) is 8.87. The van der Waals surface area contributed by atoms with Gasteiger partial charge in [-0.3, -0.25) is 9.52 Å². The van der Waals surface area contributed by atoms with Crippen LogP contribution in [0.3, 0.4) is 0 Å². The highest BCUT2D eigenvalue weighted by atomic mass is 79.9. The normalized spacial score (nSPS) is 17.4. The summed E-state index contributed by atoms with van der Waals surface area (Å²) in [5.74, 6) is 1.21. The number of nitrogens with zero attached hydrogens (tertiary/aromatic N) is 1. The zero-order valence-corrected chi connectivity index (χ0v) is 15.9. The van der Waals surface area contributed by atoms with Crippen molar-refractivity contribution in [2.45, 2.75) is 29.6 Å². The van der Waals surface area contributed by atoms with Crippen LogP contribution in [0.2, 0.25) is 0 Å². The Hall–Kier alpha value is -2.19. The monoisotopic (exact) mass is 431 g/mol. The second-order valence-electron chi connectivity index (χ2n) is 6.75. The standard InChI is InChI=1S/C18H14BrN3O3S/c19-10-1-2-14-12(7-10)16-13(9-18(14)4-5-18)17(21-25-16)22-26(24)11-3-6-20-15(23)8-11/h1-3,6-8H,4-5,9H2,(H,20,23)(H,21,22). The number of nitrogens with one attached hydrogen (secondary N) is 2. The minimum atomic E-state index is -1.59. The van der Waals surface area contributed by atoms with Crippen LogP contribution in [0.15, 0.2) is 55.2 Å². The first kappa shape index (κ1) is 16.0. The Bertz CT molecular complexity index is 1120. The number of aromatic amines is 1. The molecule has 1 atom stereocenters. The van der Waals surface area contributed by atoms with E-state index < -0.39 is 11.0 Å². The van der Waals surface area contributed by atoms with Crippen molar-refractivity contribution in [3.05, 3.63) is 62.5 Å². The highest BCUT2D eigenvalue weighted by Crippen LogP contribution is 2.58. The molecule has 8 heteroatoms. The zero-order valence-electron chi connectivity index (χ0n) is 13.5. The largest absolute Gasteiger partial charge is 0.354 e. The van der Waals surface area contributed by atoms with Gasteiger partial charge >= 0.3 is 0 Å². The van der Waals surface area contributed by atoms with E-state index in [0.29, 0.717) is 10.7 Å². The lowest BCUT2D eigenvalue weighted by atomic mass is 9.79. The molecule has 5 rings (SSSR count). The topological polar surface area (TPSA) is 88.0 Å². The maximum atomic E-state index is 12.6. The van der Waals surface area contributed by atoms with Gasteiger partial charge in [0.05, 0.1) is 4.90 Å². The molecule has 1 fully saturated rings. The molecule has 0 amide bonds. The average molecular weight is 432 g/mol. The maximum Gasteiger partial charge on any atom is 0.249 e. The van der Waals surface area contributed by atoms with Crippen molar-refractivity contribution in [3.63, 3.8) is 0 Å². The third-order valence-electron chi connectivity index (χ3n) is 5.10. The lowest BCUT2D eigenvalue weighted by Crippen LogP contribution is -2.18. The molecule has 26 heavy (non-hydrogen) atoms. The van der Waals surface area contributed by atoms with Gasteiger partial charge in [-0.25, -0.2) is 4.21 Å². The van der Waals surface area contributed by atoms with Crippen LogP contribution in [0.1, 0.15) is 24.0 Å². The van der Waals surface area contributed by atoms with E-state index in [0.717, 1.165) is 40.6 Å². The van der Waals surface area contributed by atoms with Crippen LogP contribution in [0.4, 0.5) is 5.82 Å². The van der Waals surface area contributed by atoms with E-state index >= 15 is 0 Å². The molecular formula is C18H14BrN3O3S. The molecule has 0 saturated heterocycles. The van der Waals surface area contributed by atoms with Gasteiger partial charge in [0, 0.05) is 33.3 Å². The SMILES string of the molecule is O=c1cc(S(=O)Nc2noc3c2CC2(CC2)c2ccc(Br)cc2-3)cc[nH]1. The van der Waals surface area contributed by atoms with Crippen LogP contribution in [0.25, 0.3) is 11.3 Å². The Morgan fingerprint density at radius 3 is 2.88 bits per heavy atom. The predicted octanol–water partition coefficient (Wildman–Crippen LogP) is 3.51. The fourth-order valence-corrected chi connectivity index (χ4v) is 4.87. The average Bonchev–Trinajstić information content (AvgIpc) is 3.28. The third kappa shape index (κ3) is 2.47. The molecule has 1 unspecified atom stereocenters. The number of pyridine rings is 1.